The van der Waals surface area contributed by atoms with Gasteiger partial charge in [-0.15, -0.1) is 0 Å². The van der Waals surface area contributed by atoms with Gasteiger partial charge in [0.2, 0.25) is 5.91 Å². The van der Waals surface area contributed by atoms with E-state index < -0.39 is 16.2 Å². The normalized spacial score (nSPS) is 39.7. The molecule has 0 N–H and O–H groups in total. The van der Waals surface area contributed by atoms with Crippen LogP contribution in [0.2, 0.25) is 0 Å². The van der Waals surface area contributed by atoms with Crippen LogP contribution in [0.5, 0.6) is 0 Å². The van der Waals surface area contributed by atoms with Crippen LogP contribution in [-0.4, -0.2) is 31.5 Å². The van der Waals surface area contributed by atoms with Crippen LogP contribution in [-0.2, 0) is 15.6 Å². The van der Waals surface area contributed by atoms with E-state index in [1.54, 1.807) is 0 Å². The van der Waals surface area contributed by atoms with E-state index in [1.165, 1.54) is 0 Å². The van der Waals surface area contributed by atoms with Gasteiger partial charge in [0, 0.05) is 32.8 Å². The Morgan fingerprint density at radius 1 is 1.44 bits per heavy atom. The highest BCUT2D eigenvalue weighted by atomic mass is 79.9. The molecule has 0 aromatic carbocycles. The Labute approximate surface area is 116 Å². The summed E-state index contributed by atoms with van der Waals surface area (Å²) in [5, 5.41) is 12.5. The predicted octanol–water partition coefficient (Wildman–Crippen LogP) is 1.83. The largest absolute Gasteiger partial charge is 0.752 e. The number of allylic oxidation sites excluding steroid dienone is 3. The van der Waals surface area contributed by atoms with E-state index in [2.05, 4.69) is 15.9 Å². The Kier molecular flexibility index (Phi) is 2.99. The second kappa shape index (κ2) is 4.28. The molecule has 2 heterocycles. The van der Waals surface area contributed by atoms with E-state index in [-0.39, 0.29) is 10.7 Å². The average Bonchev–Trinajstić information content (AvgIpc) is 2.56. The van der Waals surface area contributed by atoms with E-state index >= 15 is 0 Å². The first-order valence-electron chi connectivity index (χ1n) is 5.98. The van der Waals surface area contributed by atoms with Gasteiger partial charge in [-0.3, -0.25) is 9.00 Å². The molecule has 2 aliphatic heterocycles. The highest BCUT2D eigenvalue weighted by molar-refractivity contribution is 9.09. The van der Waals surface area contributed by atoms with Crippen molar-refractivity contribution in [3.8, 4) is 0 Å². The van der Waals surface area contributed by atoms with Crippen LogP contribution in [0.3, 0.4) is 0 Å². The van der Waals surface area contributed by atoms with Crippen LogP contribution < -0.4 is 0 Å². The standard InChI is InChI=1S/C12H13BrNO3S/c13-8-1-2-9-10(7-8)14(16)11(15)12(9)3-5-18(17)6-4-12/h2,7-8H,1,3-6H2/q-1. The summed E-state index contributed by atoms with van der Waals surface area (Å²) in [6.45, 7) is 0. The maximum Gasteiger partial charge on any atom is 0.227 e. The number of carbonyl (C=O) groups is 1. The Bertz CT molecular complexity index is 490. The van der Waals surface area contributed by atoms with Gasteiger partial charge in [-0.2, -0.15) is 0 Å². The molecule has 1 atom stereocenters. The van der Waals surface area contributed by atoms with Gasteiger partial charge in [-0.25, -0.2) is 0 Å². The van der Waals surface area contributed by atoms with Gasteiger partial charge in [0.25, 0.3) is 0 Å². The lowest BCUT2D eigenvalue weighted by molar-refractivity contribution is -0.132. The van der Waals surface area contributed by atoms with Crippen molar-refractivity contribution < 1.29 is 9.00 Å². The lowest BCUT2D eigenvalue weighted by Crippen LogP contribution is -2.38. The molecule has 18 heavy (non-hydrogen) atoms. The smallest absolute Gasteiger partial charge is 0.227 e. The lowest BCUT2D eigenvalue weighted by Gasteiger charge is -2.33. The van der Waals surface area contributed by atoms with Crippen molar-refractivity contribution in [2.45, 2.75) is 24.1 Å². The molecule has 3 aliphatic rings. The minimum atomic E-state index is -0.836. The average molecular weight is 331 g/mol. The molecular formula is C12H13BrNO3S-. The highest BCUT2D eigenvalue weighted by Gasteiger charge is 2.52. The number of amides is 1. The molecule has 1 amide bonds. The molecule has 3 rings (SSSR count). The summed E-state index contributed by atoms with van der Waals surface area (Å²) in [4.78, 5) is 12.4. The van der Waals surface area contributed by atoms with Crippen LogP contribution in [0.1, 0.15) is 19.3 Å². The van der Waals surface area contributed by atoms with Crippen molar-refractivity contribution in [3.05, 3.63) is 28.6 Å². The fraction of sp³-hybridized carbons (Fsp3) is 0.583. The minimum Gasteiger partial charge on any atom is -0.752 e. The van der Waals surface area contributed by atoms with Crippen LogP contribution in [0.4, 0.5) is 0 Å². The molecule has 1 aliphatic carbocycles. The second-order valence-electron chi connectivity index (χ2n) is 4.95. The fourth-order valence-electron chi connectivity index (χ4n) is 2.99. The molecular weight excluding hydrogens is 318 g/mol. The molecule has 6 heteroatoms. The zero-order valence-electron chi connectivity index (χ0n) is 9.73. The van der Waals surface area contributed by atoms with Crippen molar-refractivity contribution in [1.29, 1.82) is 0 Å². The van der Waals surface area contributed by atoms with Crippen LogP contribution in [0.25, 0.3) is 0 Å². The molecule has 0 aromatic rings. The van der Waals surface area contributed by atoms with Crippen molar-refractivity contribution in [2.75, 3.05) is 11.5 Å². The third kappa shape index (κ3) is 1.66. The summed E-state index contributed by atoms with van der Waals surface area (Å²) >= 11 is 3.45. The Morgan fingerprint density at radius 2 is 2.11 bits per heavy atom. The number of nitrogens with zero attached hydrogens (tertiary/aromatic N) is 1. The Hall–Kier alpha value is -0.460. The molecule has 4 nitrogen and oxygen atoms in total. The SMILES string of the molecule is O=C1N([O-])C2=CC(Br)CC=C2C12CCS(=O)CC2. The third-order valence-electron chi connectivity index (χ3n) is 4.00. The number of fused-ring (bicyclic) bond motifs is 2. The topological polar surface area (TPSA) is 60.4 Å². The molecule has 0 radical (unpaired) electrons. The fourth-order valence-corrected chi connectivity index (χ4v) is 4.78. The maximum atomic E-state index is 12.3. The van der Waals surface area contributed by atoms with Crippen molar-refractivity contribution >= 4 is 32.6 Å². The third-order valence-corrected chi connectivity index (χ3v) is 5.96. The first-order chi connectivity index (χ1) is 8.54. The zero-order chi connectivity index (χ0) is 12.9. The van der Waals surface area contributed by atoms with E-state index in [4.69, 9.17) is 0 Å². The number of rotatable bonds is 0. The van der Waals surface area contributed by atoms with E-state index in [1.807, 2.05) is 12.2 Å². The molecule has 1 spiro atoms. The number of hydrogen-bond donors (Lipinski definition) is 0. The van der Waals surface area contributed by atoms with Gasteiger partial charge >= 0.3 is 0 Å². The van der Waals surface area contributed by atoms with E-state index in [9.17, 15) is 14.2 Å². The summed E-state index contributed by atoms with van der Waals surface area (Å²) < 4.78 is 11.5. The first kappa shape index (κ1) is 12.6. The van der Waals surface area contributed by atoms with Gasteiger partial charge in [0.05, 0.1) is 5.41 Å². The highest BCUT2D eigenvalue weighted by Crippen LogP contribution is 2.51. The summed E-state index contributed by atoms with van der Waals surface area (Å²) in [6, 6.07) is 0. The summed E-state index contributed by atoms with van der Waals surface area (Å²) in [7, 11) is -0.836. The van der Waals surface area contributed by atoms with Crippen molar-refractivity contribution in [3.63, 3.8) is 0 Å². The molecule has 2 fully saturated rings. The summed E-state index contributed by atoms with van der Waals surface area (Å²) in [6.07, 6.45) is 5.69. The first-order valence-corrected chi connectivity index (χ1v) is 8.38. The van der Waals surface area contributed by atoms with Crippen LogP contribution >= 0.6 is 15.9 Å². The Morgan fingerprint density at radius 3 is 2.78 bits per heavy atom. The van der Waals surface area contributed by atoms with E-state index in [0.29, 0.717) is 35.1 Å². The summed E-state index contributed by atoms with van der Waals surface area (Å²) in [5.41, 5.74) is 0.685. The molecule has 0 bridgehead atoms. The second-order valence-corrected chi connectivity index (χ2v) is 7.82. The number of alkyl halides is 1. The number of carbonyl (C=O) groups excluding carboxylic acids is 1. The van der Waals surface area contributed by atoms with Crippen LogP contribution in [0.15, 0.2) is 23.4 Å². The minimum absolute atomic E-state index is 0.119. The number of hydroxylamine groups is 2. The number of halogens is 1. The van der Waals surface area contributed by atoms with Gasteiger partial charge in [0.1, 0.15) is 0 Å². The lowest BCUT2D eigenvalue weighted by atomic mass is 9.74. The van der Waals surface area contributed by atoms with Crippen LogP contribution in [0, 0.1) is 10.6 Å². The van der Waals surface area contributed by atoms with Gasteiger partial charge < -0.3 is 10.3 Å². The van der Waals surface area contributed by atoms with E-state index in [0.717, 1.165) is 12.0 Å². The molecule has 1 unspecified atom stereocenters. The van der Waals surface area contributed by atoms with Gasteiger partial charge in [0.15, 0.2) is 0 Å². The maximum absolute atomic E-state index is 12.3. The van der Waals surface area contributed by atoms with Crippen molar-refractivity contribution in [1.82, 2.24) is 5.06 Å². The van der Waals surface area contributed by atoms with Crippen molar-refractivity contribution in [2.24, 2.45) is 5.41 Å². The Balaban J connectivity index is 2.04. The quantitative estimate of drug-likeness (QED) is 0.636. The molecule has 2 saturated heterocycles. The number of hydrogen-bond acceptors (Lipinski definition) is 3. The molecule has 0 aromatic heterocycles. The van der Waals surface area contributed by atoms with Gasteiger partial charge in [-0.05, 0) is 30.9 Å². The molecule has 0 saturated carbocycles. The zero-order valence-corrected chi connectivity index (χ0v) is 12.1. The molecule has 98 valence electrons. The summed E-state index contributed by atoms with van der Waals surface area (Å²) in [5.74, 6) is 0.669. The monoisotopic (exact) mass is 330 g/mol. The van der Waals surface area contributed by atoms with Gasteiger partial charge in [-0.1, -0.05) is 22.0 Å². The predicted molar refractivity (Wildman–Crippen MR) is 73.3 cm³/mol.